The third-order valence-electron chi connectivity index (χ3n) is 3.28. The van der Waals surface area contributed by atoms with Crippen LogP contribution in [0.5, 0.6) is 0 Å². The number of nitrogens with one attached hydrogen (secondary N) is 1. The summed E-state index contributed by atoms with van der Waals surface area (Å²) >= 11 is 0.984. The largest absolute Gasteiger partial charge is 0.337 e. The van der Waals surface area contributed by atoms with Crippen LogP contribution in [0.3, 0.4) is 0 Å². The molecule has 3 nitrogen and oxygen atoms in total. The Morgan fingerprint density at radius 3 is 2.80 bits per heavy atom. The number of carbonyl (C=O) groups is 1. The van der Waals surface area contributed by atoms with Gasteiger partial charge in [-0.15, -0.1) is 11.8 Å². The standard InChI is InChI=1S/C14H14F2N2OS/c1-14(8-17,9-2-3-9)18-13(19)7-20-12-5-4-10(15)6-11(12)16/h4-6,9H,2-3,7H2,1H3,(H,18,19)/t14-/m1/s1. The van der Waals surface area contributed by atoms with Crippen molar-refractivity contribution in [3.05, 3.63) is 29.8 Å². The molecule has 6 heteroatoms. The van der Waals surface area contributed by atoms with E-state index in [0.717, 1.165) is 36.7 Å². The van der Waals surface area contributed by atoms with Crippen LogP contribution in [0.25, 0.3) is 0 Å². The van der Waals surface area contributed by atoms with Gasteiger partial charge in [-0.2, -0.15) is 5.26 Å². The smallest absolute Gasteiger partial charge is 0.231 e. The molecule has 1 aromatic rings. The highest BCUT2D eigenvalue weighted by atomic mass is 32.2. The van der Waals surface area contributed by atoms with Gasteiger partial charge in [0.05, 0.1) is 11.8 Å². The van der Waals surface area contributed by atoms with Crippen LogP contribution in [0, 0.1) is 28.9 Å². The number of amides is 1. The van der Waals surface area contributed by atoms with E-state index < -0.39 is 17.2 Å². The lowest BCUT2D eigenvalue weighted by Crippen LogP contribution is -2.47. The maximum absolute atomic E-state index is 13.4. The topological polar surface area (TPSA) is 52.9 Å². The number of carbonyl (C=O) groups excluding carboxylic acids is 1. The second kappa shape index (κ2) is 5.80. The van der Waals surface area contributed by atoms with Crippen LogP contribution in [-0.2, 0) is 4.79 Å². The number of nitriles is 1. The first kappa shape index (κ1) is 14.8. The molecule has 1 N–H and O–H groups in total. The fourth-order valence-corrected chi connectivity index (χ4v) is 2.66. The summed E-state index contributed by atoms with van der Waals surface area (Å²) in [6, 6.07) is 5.35. The van der Waals surface area contributed by atoms with Crippen molar-refractivity contribution < 1.29 is 13.6 Å². The van der Waals surface area contributed by atoms with E-state index in [9.17, 15) is 13.6 Å². The molecule has 1 saturated carbocycles. The van der Waals surface area contributed by atoms with Crippen molar-refractivity contribution in [2.75, 3.05) is 5.75 Å². The first-order valence-electron chi connectivity index (χ1n) is 6.25. The van der Waals surface area contributed by atoms with E-state index in [0.29, 0.717) is 0 Å². The molecule has 0 spiro atoms. The highest BCUT2D eigenvalue weighted by Crippen LogP contribution is 2.39. The summed E-state index contributed by atoms with van der Waals surface area (Å²) < 4.78 is 26.1. The molecule has 2 rings (SSSR count). The number of hydrogen-bond acceptors (Lipinski definition) is 3. The van der Waals surface area contributed by atoms with Crippen molar-refractivity contribution in [2.24, 2.45) is 5.92 Å². The molecule has 20 heavy (non-hydrogen) atoms. The molecular weight excluding hydrogens is 282 g/mol. The van der Waals surface area contributed by atoms with E-state index in [4.69, 9.17) is 5.26 Å². The SMILES string of the molecule is C[C@](C#N)(NC(=O)CSc1ccc(F)cc1F)C1CC1. The van der Waals surface area contributed by atoms with Crippen molar-refractivity contribution in [1.82, 2.24) is 5.32 Å². The van der Waals surface area contributed by atoms with Gasteiger partial charge in [-0.1, -0.05) is 0 Å². The fourth-order valence-electron chi connectivity index (χ4n) is 1.94. The van der Waals surface area contributed by atoms with Crippen LogP contribution in [0.15, 0.2) is 23.1 Å². The highest BCUT2D eigenvalue weighted by Gasteiger charge is 2.42. The molecule has 0 bridgehead atoms. The predicted octanol–water partition coefficient (Wildman–Crippen LogP) is 2.87. The van der Waals surface area contributed by atoms with E-state index in [2.05, 4.69) is 11.4 Å². The maximum atomic E-state index is 13.4. The molecule has 106 valence electrons. The molecule has 0 saturated heterocycles. The first-order valence-corrected chi connectivity index (χ1v) is 7.23. The van der Waals surface area contributed by atoms with Gasteiger partial charge in [0, 0.05) is 11.0 Å². The molecule has 1 aliphatic carbocycles. The van der Waals surface area contributed by atoms with Crippen molar-refractivity contribution >= 4 is 17.7 Å². The lowest BCUT2D eigenvalue weighted by Gasteiger charge is -2.22. The Morgan fingerprint density at radius 1 is 1.55 bits per heavy atom. The minimum absolute atomic E-state index is 0.00740. The predicted molar refractivity (Wildman–Crippen MR) is 72.0 cm³/mol. The number of nitrogens with zero attached hydrogens (tertiary/aromatic N) is 1. The molecule has 0 aliphatic heterocycles. The minimum Gasteiger partial charge on any atom is -0.337 e. The van der Waals surface area contributed by atoms with Gasteiger partial charge < -0.3 is 5.32 Å². The molecule has 0 unspecified atom stereocenters. The van der Waals surface area contributed by atoms with E-state index in [-0.39, 0.29) is 22.5 Å². The summed E-state index contributed by atoms with van der Waals surface area (Å²) in [5, 5.41) is 11.8. The summed E-state index contributed by atoms with van der Waals surface area (Å²) in [7, 11) is 0. The first-order chi connectivity index (χ1) is 9.44. The van der Waals surface area contributed by atoms with Gasteiger partial charge in [-0.05, 0) is 37.8 Å². The average Bonchev–Trinajstić information content (AvgIpc) is 3.22. The van der Waals surface area contributed by atoms with Crippen molar-refractivity contribution in [2.45, 2.75) is 30.2 Å². The second-order valence-corrected chi connectivity index (χ2v) is 6.02. The van der Waals surface area contributed by atoms with Crippen LogP contribution in [0.2, 0.25) is 0 Å². The summed E-state index contributed by atoms with van der Waals surface area (Å²) in [5.41, 5.74) is -0.848. The van der Waals surface area contributed by atoms with Crippen molar-refractivity contribution in [3.8, 4) is 6.07 Å². The van der Waals surface area contributed by atoms with Gasteiger partial charge in [0.25, 0.3) is 0 Å². The van der Waals surface area contributed by atoms with Gasteiger partial charge >= 0.3 is 0 Å². The Labute approximate surface area is 120 Å². The summed E-state index contributed by atoms with van der Waals surface area (Å²) in [4.78, 5) is 12.0. The Hall–Kier alpha value is -1.61. The summed E-state index contributed by atoms with van der Waals surface area (Å²) in [5.74, 6) is -1.47. The van der Waals surface area contributed by atoms with Gasteiger partial charge in [0.15, 0.2) is 0 Å². The zero-order chi connectivity index (χ0) is 14.8. The van der Waals surface area contributed by atoms with Crippen molar-refractivity contribution in [1.29, 1.82) is 5.26 Å². The third-order valence-corrected chi connectivity index (χ3v) is 4.33. The Morgan fingerprint density at radius 2 is 2.25 bits per heavy atom. The van der Waals surface area contributed by atoms with Gasteiger partial charge in [0.2, 0.25) is 5.91 Å². The number of rotatable bonds is 5. The zero-order valence-corrected chi connectivity index (χ0v) is 11.8. The van der Waals surface area contributed by atoms with E-state index in [1.807, 2.05) is 0 Å². The van der Waals surface area contributed by atoms with E-state index in [1.165, 1.54) is 6.07 Å². The molecule has 1 atom stereocenters. The Bertz CT molecular complexity index is 569. The summed E-state index contributed by atoms with van der Waals surface area (Å²) in [6.45, 7) is 1.70. The zero-order valence-electron chi connectivity index (χ0n) is 11.0. The maximum Gasteiger partial charge on any atom is 0.231 e. The monoisotopic (exact) mass is 296 g/mol. The number of benzene rings is 1. The van der Waals surface area contributed by atoms with E-state index in [1.54, 1.807) is 6.92 Å². The normalized spacial score (nSPS) is 17.1. The van der Waals surface area contributed by atoms with Crippen LogP contribution < -0.4 is 5.32 Å². The lowest BCUT2D eigenvalue weighted by atomic mass is 9.98. The minimum atomic E-state index is -0.848. The number of halogens is 2. The fraction of sp³-hybridized carbons (Fsp3) is 0.429. The van der Waals surface area contributed by atoms with E-state index >= 15 is 0 Å². The van der Waals surface area contributed by atoms with Gasteiger partial charge in [0.1, 0.15) is 17.2 Å². The third kappa shape index (κ3) is 3.48. The molecule has 0 aromatic heterocycles. The second-order valence-electron chi connectivity index (χ2n) is 5.00. The van der Waals surface area contributed by atoms with Crippen LogP contribution in [0.1, 0.15) is 19.8 Å². The molecule has 0 radical (unpaired) electrons. The molecular formula is C14H14F2N2OS. The molecule has 1 amide bonds. The molecule has 1 aromatic carbocycles. The number of hydrogen-bond donors (Lipinski definition) is 1. The van der Waals surface area contributed by atoms with Crippen LogP contribution in [0.4, 0.5) is 8.78 Å². The van der Waals surface area contributed by atoms with Crippen LogP contribution >= 0.6 is 11.8 Å². The average molecular weight is 296 g/mol. The van der Waals surface area contributed by atoms with Crippen LogP contribution in [-0.4, -0.2) is 17.2 Å². The van der Waals surface area contributed by atoms with Crippen molar-refractivity contribution in [3.63, 3.8) is 0 Å². The molecule has 0 heterocycles. The quantitative estimate of drug-likeness (QED) is 0.850. The number of thioether (sulfide) groups is 1. The Kier molecular flexibility index (Phi) is 4.29. The highest BCUT2D eigenvalue weighted by molar-refractivity contribution is 8.00. The molecule has 1 fully saturated rings. The van der Waals surface area contributed by atoms with Gasteiger partial charge in [-0.3, -0.25) is 4.79 Å². The molecule has 1 aliphatic rings. The summed E-state index contributed by atoms with van der Waals surface area (Å²) in [6.07, 6.45) is 1.87. The Balaban J connectivity index is 1.90. The lowest BCUT2D eigenvalue weighted by molar-refractivity contribution is -0.119. The van der Waals surface area contributed by atoms with Gasteiger partial charge in [-0.25, -0.2) is 8.78 Å².